The Balaban J connectivity index is 1.54. The van der Waals surface area contributed by atoms with E-state index < -0.39 is 6.09 Å². The topological polar surface area (TPSA) is 49.8 Å². The van der Waals surface area contributed by atoms with Crippen LogP contribution < -0.4 is 4.74 Å². The van der Waals surface area contributed by atoms with E-state index in [1.54, 1.807) is 0 Å². The van der Waals surface area contributed by atoms with Gasteiger partial charge < -0.3 is 14.7 Å². The fourth-order valence-electron chi connectivity index (χ4n) is 4.09. The Morgan fingerprint density at radius 2 is 1.77 bits per heavy atom. The van der Waals surface area contributed by atoms with Gasteiger partial charge in [0.2, 0.25) is 0 Å². The summed E-state index contributed by atoms with van der Waals surface area (Å²) in [5.41, 5.74) is 2.79. The number of carboxylic acid groups (broad SMARTS) is 1. The van der Waals surface area contributed by atoms with Crippen molar-refractivity contribution in [1.82, 2.24) is 4.90 Å². The van der Waals surface area contributed by atoms with E-state index in [0.29, 0.717) is 24.6 Å². The molecule has 0 spiro atoms. The van der Waals surface area contributed by atoms with E-state index in [1.165, 1.54) is 28.9 Å². The standard InChI is InChI=1S/C22H31NO3/c1-22(2,3)18-6-10-20(11-7-18)26-19-8-4-16(5-9-19)17-12-14-23(15-13-17)21(24)25/h4-5,8-9,12,18,20H,6-7,10-11,13-15H2,1-3H3,(H,24,25). The van der Waals surface area contributed by atoms with Crippen molar-refractivity contribution in [1.29, 1.82) is 0 Å². The first-order valence-electron chi connectivity index (χ1n) is 9.77. The summed E-state index contributed by atoms with van der Waals surface area (Å²) in [5.74, 6) is 1.74. The number of carbonyl (C=O) groups is 1. The fourth-order valence-corrected chi connectivity index (χ4v) is 4.09. The smallest absolute Gasteiger partial charge is 0.407 e. The maximum Gasteiger partial charge on any atom is 0.407 e. The highest BCUT2D eigenvalue weighted by Gasteiger charge is 2.30. The Labute approximate surface area is 156 Å². The molecule has 1 aromatic carbocycles. The molecule has 1 fully saturated rings. The third kappa shape index (κ3) is 4.60. The first-order valence-corrected chi connectivity index (χ1v) is 9.77. The molecular weight excluding hydrogens is 326 g/mol. The summed E-state index contributed by atoms with van der Waals surface area (Å²) in [4.78, 5) is 12.4. The molecule has 1 aliphatic heterocycles. The van der Waals surface area contributed by atoms with E-state index in [-0.39, 0.29) is 0 Å². The van der Waals surface area contributed by atoms with Crippen LogP contribution in [0.5, 0.6) is 5.75 Å². The third-order valence-corrected chi connectivity index (χ3v) is 5.91. The Kier molecular flexibility index (Phi) is 5.59. The lowest BCUT2D eigenvalue weighted by Crippen LogP contribution is -2.33. The average molecular weight is 357 g/mol. The van der Waals surface area contributed by atoms with Gasteiger partial charge in [0.25, 0.3) is 0 Å². The van der Waals surface area contributed by atoms with Gasteiger partial charge in [0.1, 0.15) is 5.75 Å². The molecule has 0 atom stereocenters. The molecule has 0 saturated heterocycles. The average Bonchev–Trinajstić information content (AvgIpc) is 2.62. The zero-order valence-corrected chi connectivity index (χ0v) is 16.2. The summed E-state index contributed by atoms with van der Waals surface area (Å²) in [7, 11) is 0. The molecule has 1 aliphatic carbocycles. The van der Waals surface area contributed by atoms with Crippen molar-refractivity contribution < 1.29 is 14.6 Å². The minimum Gasteiger partial charge on any atom is -0.490 e. The van der Waals surface area contributed by atoms with Crippen molar-refractivity contribution in [2.24, 2.45) is 11.3 Å². The molecule has 0 aromatic heterocycles. The van der Waals surface area contributed by atoms with Gasteiger partial charge in [0.05, 0.1) is 6.10 Å². The van der Waals surface area contributed by atoms with E-state index in [1.807, 2.05) is 6.08 Å². The Morgan fingerprint density at radius 1 is 1.12 bits per heavy atom. The molecule has 1 saturated carbocycles. The SMILES string of the molecule is CC(C)(C)C1CCC(Oc2ccc(C3=CCN(C(=O)O)CC3)cc2)CC1. The monoisotopic (exact) mass is 357 g/mol. The van der Waals surface area contributed by atoms with E-state index in [0.717, 1.165) is 30.9 Å². The number of hydrogen-bond acceptors (Lipinski definition) is 2. The van der Waals surface area contributed by atoms with Crippen molar-refractivity contribution in [3.05, 3.63) is 35.9 Å². The second-order valence-electron chi connectivity index (χ2n) is 8.69. The molecule has 26 heavy (non-hydrogen) atoms. The first kappa shape index (κ1) is 18.8. The molecule has 4 heteroatoms. The summed E-state index contributed by atoms with van der Waals surface area (Å²) in [6.45, 7) is 8.06. The Bertz CT molecular complexity index is 649. The highest BCUT2D eigenvalue weighted by molar-refractivity contribution is 5.71. The highest BCUT2D eigenvalue weighted by atomic mass is 16.5. The van der Waals surface area contributed by atoms with Gasteiger partial charge in [-0.1, -0.05) is 39.0 Å². The van der Waals surface area contributed by atoms with Gasteiger partial charge in [-0.25, -0.2) is 4.79 Å². The molecule has 142 valence electrons. The lowest BCUT2D eigenvalue weighted by atomic mass is 9.72. The molecule has 0 radical (unpaired) electrons. The maximum atomic E-state index is 11.0. The molecule has 3 rings (SSSR count). The highest BCUT2D eigenvalue weighted by Crippen LogP contribution is 2.38. The summed E-state index contributed by atoms with van der Waals surface area (Å²) < 4.78 is 6.20. The third-order valence-electron chi connectivity index (χ3n) is 5.91. The second-order valence-corrected chi connectivity index (χ2v) is 8.69. The van der Waals surface area contributed by atoms with Gasteiger partial charge in [-0.15, -0.1) is 0 Å². The number of ether oxygens (including phenoxy) is 1. The Hall–Kier alpha value is -1.97. The number of benzene rings is 1. The van der Waals surface area contributed by atoms with E-state index in [9.17, 15) is 4.79 Å². The van der Waals surface area contributed by atoms with Crippen molar-refractivity contribution in [2.75, 3.05) is 13.1 Å². The van der Waals surface area contributed by atoms with E-state index in [2.05, 4.69) is 45.0 Å². The van der Waals surface area contributed by atoms with Crippen LogP contribution in [-0.2, 0) is 0 Å². The van der Waals surface area contributed by atoms with Crippen LogP contribution in [0.2, 0.25) is 0 Å². The van der Waals surface area contributed by atoms with Crippen molar-refractivity contribution >= 4 is 11.7 Å². The molecular formula is C22H31NO3. The zero-order chi connectivity index (χ0) is 18.7. The molecule has 4 nitrogen and oxygen atoms in total. The van der Waals surface area contributed by atoms with Crippen LogP contribution >= 0.6 is 0 Å². The number of hydrogen-bond donors (Lipinski definition) is 1. The van der Waals surface area contributed by atoms with Crippen LogP contribution in [0.3, 0.4) is 0 Å². The van der Waals surface area contributed by atoms with Crippen LogP contribution in [0.1, 0.15) is 58.4 Å². The summed E-state index contributed by atoms with van der Waals surface area (Å²) in [6.07, 6.45) is 7.05. The quantitative estimate of drug-likeness (QED) is 0.784. The molecule has 2 aliphatic rings. The van der Waals surface area contributed by atoms with Crippen LogP contribution in [0.25, 0.3) is 5.57 Å². The zero-order valence-electron chi connectivity index (χ0n) is 16.2. The first-order chi connectivity index (χ1) is 12.3. The minimum atomic E-state index is -0.842. The van der Waals surface area contributed by atoms with Crippen molar-refractivity contribution in [3.8, 4) is 5.75 Å². The van der Waals surface area contributed by atoms with Crippen LogP contribution in [0.4, 0.5) is 4.79 Å². The summed E-state index contributed by atoms with van der Waals surface area (Å²) >= 11 is 0. The molecule has 0 unspecified atom stereocenters. The second kappa shape index (κ2) is 7.73. The van der Waals surface area contributed by atoms with Gasteiger partial charge in [-0.05, 0) is 66.7 Å². The van der Waals surface area contributed by atoms with Gasteiger partial charge in [-0.3, -0.25) is 0 Å². The van der Waals surface area contributed by atoms with Gasteiger partial charge in [-0.2, -0.15) is 0 Å². The summed E-state index contributed by atoms with van der Waals surface area (Å²) in [6, 6.07) is 8.29. The lowest BCUT2D eigenvalue weighted by Gasteiger charge is -2.37. The van der Waals surface area contributed by atoms with E-state index in [4.69, 9.17) is 9.84 Å². The minimum absolute atomic E-state index is 0.331. The fraction of sp³-hybridized carbons (Fsp3) is 0.591. The molecule has 1 aromatic rings. The molecule has 1 heterocycles. The van der Waals surface area contributed by atoms with Crippen LogP contribution in [-0.4, -0.2) is 35.3 Å². The predicted molar refractivity (Wildman–Crippen MR) is 104 cm³/mol. The van der Waals surface area contributed by atoms with Gasteiger partial charge in [0.15, 0.2) is 0 Å². The van der Waals surface area contributed by atoms with Crippen molar-refractivity contribution in [2.45, 2.75) is 59.0 Å². The van der Waals surface area contributed by atoms with Crippen LogP contribution in [0.15, 0.2) is 30.3 Å². The molecule has 1 amide bonds. The molecule has 0 bridgehead atoms. The van der Waals surface area contributed by atoms with Crippen LogP contribution in [0, 0.1) is 11.3 Å². The summed E-state index contributed by atoms with van der Waals surface area (Å²) in [5, 5.41) is 9.03. The predicted octanol–water partition coefficient (Wildman–Crippen LogP) is 5.44. The number of amides is 1. The number of rotatable bonds is 3. The maximum absolute atomic E-state index is 11.0. The number of nitrogens with zero attached hydrogens (tertiary/aromatic N) is 1. The normalized spacial score (nSPS) is 24.1. The van der Waals surface area contributed by atoms with Crippen molar-refractivity contribution in [3.63, 3.8) is 0 Å². The largest absolute Gasteiger partial charge is 0.490 e. The van der Waals surface area contributed by atoms with Gasteiger partial charge >= 0.3 is 6.09 Å². The Morgan fingerprint density at radius 3 is 2.27 bits per heavy atom. The lowest BCUT2D eigenvalue weighted by molar-refractivity contribution is 0.0882. The van der Waals surface area contributed by atoms with Gasteiger partial charge in [0, 0.05) is 13.1 Å². The van der Waals surface area contributed by atoms with E-state index >= 15 is 0 Å². The molecule has 1 N–H and O–H groups in total.